The number of likely N-dealkylation sites (N-methyl/N-ethyl adjacent to an activating group) is 1. The summed E-state index contributed by atoms with van der Waals surface area (Å²) in [6, 6.07) is 8.62. The number of fused-ring (bicyclic) bond motifs is 1. The zero-order valence-electron chi connectivity index (χ0n) is 17.8. The Labute approximate surface area is 172 Å². The van der Waals surface area contributed by atoms with Gasteiger partial charge in [0.1, 0.15) is 5.60 Å². The van der Waals surface area contributed by atoms with Gasteiger partial charge in [-0.05, 0) is 58.6 Å². The van der Waals surface area contributed by atoms with Crippen LogP contribution >= 0.6 is 0 Å². The van der Waals surface area contributed by atoms with Crippen LogP contribution in [0.25, 0.3) is 11.0 Å². The third-order valence-corrected chi connectivity index (χ3v) is 5.40. The maximum Gasteiger partial charge on any atom is 0.410 e. The van der Waals surface area contributed by atoms with Gasteiger partial charge in [-0.3, -0.25) is 0 Å². The normalized spacial score (nSPS) is 19.9. The van der Waals surface area contributed by atoms with E-state index in [2.05, 4.69) is 17.3 Å². The molecule has 1 saturated carbocycles. The average molecular weight is 398 g/mol. The lowest BCUT2D eigenvalue weighted by Crippen LogP contribution is -2.50. The van der Waals surface area contributed by atoms with E-state index in [1.54, 1.807) is 0 Å². The third-order valence-electron chi connectivity index (χ3n) is 5.40. The number of nitrogens with zero attached hydrogens (tertiary/aromatic N) is 4. The minimum Gasteiger partial charge on any atom is -0.444 e. The van der Waals surface area contributed by atoms with Gasteiger partial charge >= 0.3 is 6.09 Å². The molecule has 1 aliphatic carbocycles. The fourth-order valence-electron chi connectivity index (χ4n) is 3.69. The molecule has 2 fully saturated rings. The molecular formula is C22H31N5O2. The first-order valence-electron chi connectivity index (χ1n) is 10.5. The molecule has 1 aromatic heterocycles. The number of ether oxygens (including phenoxy) is 1. The number of hydrogen-bond acceptors (Lipinski definition) is 6. The molecule has 1 N–H and O–H groups in total. The monoisotopic (exact) mass is 397 g/mol. The Morgan fingerprint density at radius 3 is 2.52 bits per heavy atom. The van der Waals surface area contributed by atoms with Crippen molar-refractivity contribution in [2.45, 2.75) is 64.1 Å². The van der Waals surface area contributed by atoms with Crippen LogP contribution in [0.5, 0.6) is 0 Å². The van der Waals surface area contributed by atoms with Crippen molar-refractivity contribution in [3.05, 3.63) is 24.3 Å². The van der Waals surface area contributed by atoms with Gasteiger partial charge in [0, 0.05) is 32.2 Å². The molecule has 2 heterocycles. The van der Waals surface area contributed by atoms with E-state index in [-0.39, 0.29) is 12.1 Å². The summed E-state index contributed by atoms with van der Waals surface area (Å²) in [4.78, 5) is 26.3. The Hall–Kier alpha value is -2.57. The molecule has 0 unspecified atom stereocenters. The predicted molar refractivity (Wildman–Crippen MR) is 115 cm³/mol. The second-order valence-corrected chi connectivity index (χ2v) is 9.14. The molecule has 1 aromatic carbocycles. The SMILES string of the molecule is CN(c1nc2ccccc2nc1NC1CC1)[C@@H]1CCCN(C(=O)OC(C)(C)C)C1. The summed E-state index contributed by atoms with van der Waals surface area (Å²) >= 11 is 0. The van der Waals surface area contributed by atoms with Crippen LogP contribution in [0.15, 0.2) is 24.3 Å². The van der Waals surface area contributed by atoms with Crippen LogP contribution in [-0.2, 0) is 4.74 Å². The first-order valence-corrected chi connectivity index (χ1v) is 10.5. The van der Waals surface area contributed by atoms with Crippen molar-refractivity contribution >= 4 is 28.8 Å². The number of carbonyl (C=O) groups excluding carboxylic acids is 1. The van der Waals surface area contributed by atoms with Crippen LogP contribution in [0, 0.1) is 0 Å². The van der Waals surface area contributed by atoms with Crippen LogP contribution in [0.3, 0.4) is 0 Å². The van der Waals surface area contributed by atoms with Crippen LogP contribution in [-0.4, -0.2) is 58.8 Å². The summed E-state index contributed by atoms with van der Waals surface area (Å²) in [5.41, 5.74) is 1.29. The molecule has 7 nitrogen and oxygen atoms in total. The van der Waals surface area contributed by atoms with Gasteiger partial charge in [0.05, 0.1) is 11.0 Å². The Balaban J connectivity index is 1.57. The summed E-state index contributed by atoms with van der Waals surface area (Å²) in [6.07, 6.45) is 4.06. The van der Waals surface area contributed by atoms with Crippen molar-refractivity contribution < 1.29 is 9.53 Å². The molecule has 1 atom stereocenters. The molecule has 0 bridgehead atoms. The Bertz CT molecular complexity index is 890. The number of rotatable bonds is 4. The number of aromatic nitrogens is 2. The number of para-hydroxylation sites is 2. The lowest BCUT2D eigenvalue weighted by Gasteiger charge is -2.39. The molecule has 0 spiro atoms. The highest BCUT2D eigenvalue weighted by molar-refractivity contribution is 5.80. The summed E-state index contributed by atoms with van der Waals surface area (Å²) in [6.45, 7) is 7.06. The fraction of sp³-hybridized carbons (Fsp3) is 0.591. The second kappa shape index (κ2) is 7.69. The Morgan fingerprint density at radius 1 is 1.17 bits per heavy atom. The van der Waals surface area contributed by atoms with E-state index < -0.39 is 5.60 Å². The first-order chi connectivity index (χ1) is 13.8. The zero-order valence-corrected chi connectivity index (χ0v) is 17.8. The lowest BCUT2D eigenvalue weighted by atomic mass is 10.0. The molecule has 1 amide bonds. The zero-order chi connectivity index (χ0) is 20.6. The number of anilines is 2. The van der Waals surface area contributed by atoms with E-state index in [1.165, 1.54) is 12.8 Å². The molecule has 4 rings (SSSR count). The molecule has 2 aromatic rings. The van der Waals surface area contributed by atoms with E-state index >= 15 is 0 Å². The van der Waals surface area contributed by atoms with E-state index in [9.17, 15) is 4.79 Å². The van der Waals surface area contributed by atoms with Gasteiger partial charge in [-0.15, -0.1) is 0 Å². The van der Waals surface area contributed by atoms with Crippen LogP contribution in [0.1, 0.15) is 46.5 Å². The quantitative estimate of drug-likeness (QED) is 0.840. The van der Waals surface area contributed by atoms with Crippen molar-refractivity contribution in [3.63, 3.8) is 0 Å². The molecule has 1 saturated heterocycles. The highest BCUT2D eigenvalue weighted by atomic mass is 16.6. The van der Waals surface area contributed by atoms with Crippen molar-refractivity contribution in [1.29, 1.82) is 0 Å². The van der Waals surface area contributed by atoms with Gasteiger partial charge < -0.3 is 19.9 Å². The van der Waals surface area contributed by atoms with Gasteiger partial charge in [0.15, 0.2) is 11.6 Å². The van der Waals surface area contributed by atoms with E-state index in [0.29, 0.717) is 12.6 Å². The fourth-order valence-corrected chi connectivity index (χ4v) is 3.69. The molecule has 0 radical (unpaired) electrons. The minimum absolute atomic E-state index is 0.173. The molecular weight excluding hydrogens is 366 g/mol. The minimum atomic E-state index is -0.485. The van der Waals surface area contributed by atoms with E-state index in [1.807, 2.05) is 49.9 Å². The number of likely N-dealkylation sites (tertiary alicyclic amines) is 1. The van der Waals surface area contributed by atoms with E-state index in [4.69, 9.17) is 14.7 Å². The van der Waals surface area contributed by atoms with Crippen LogP contribution < -0.4 is 10.2 Å². The molecule has 7 heteroatoms. The number of piperidine rings is 1. The summed E-state index contributed by atoms with van der Waals surface area (Å²) in [7, 11) is 2.06. The summed E-state index contributed by atoms with van der Waals surface area (Å²) < 4.78 is 5.58. The smallest absolute Gasteiger partial charge is 0.410 e. The van der Waals surface area contributed by atoms with Gasteiger partial charge in [0.25, 0.3) is 0 Å². The topological polar surface area (TPSA) is 70.6 Å². The van der Waals surface area contributed by atoms with Gasteiger partial charge in [-0.25, -0.2) is 14.8 Å². The first kappa shape index (κ1) is 19.7. The third kappa shape index (κ3) is 4.71. The predicted octanol–water partition coefficient (Wildman–Crippen LogP) is 4.04. The summed E-state index contributed by atoms with van der Waals surface area (Å²) in [5, 5.41) is 3.54. The molecule has 2 aliphatic rings. The molecule has 29 heavy (non-hydrogen) atoms. The van der Waals surface area contributed by atoms with Crippen molar-refractivity contribution in [1.82, 2.24) is 14.9 Å². The van der Waals surface area contributed by atoms with E-state index in [0.717, 1.165) is 42.1 Å². The number of nitrogens with one attached hydrogen (secondary N) is 1. The van der Waals surface area contributed by atoms with Crippen LogP contribution in [0.2, 0.25) is 0 Å². The standard InChI is InChI=1S/C22H31N5O2/c1-22(2,3)29-21(28)27-13-7-8-16(14-27)26(4)20-19(23-15-11-12-15)24-17-9-5-6-10-18(17)25-20/h5-6,9-10,15-16H,7-8,11-14H2,1-4H3,(H,23,24)/t16-/m1/s1. The maximum absolute atomic E-state index is 12.6. The van der Waals surface area contributed by atoms with Gasteiger partial charge in [-0.1, -0.05) is 12.1 Å². The highest BCUT2D eigenvalue weighted by Crippen LogP contribution is 2.32. The van der Waals surface area contributed by atoms with Crippen molar-refractivity contribution in [2.24, 2.45) is 0 Å². The lowest BCUT2D eigenvalue weighted by molar-refractivity contribution is 0.0199. The average Bonchev–Trinajstić information content (AvgIpc) is 3.50. The largest absolute Gasteiger partial charge is 0.444 e. The number of amides is 1. The Morgan fingerprint density at radius 2 is 1.86 bits per heavy atom. The van der Waals surface area contributed by atoms with Gasteiger partial charge in [0.2, 0.25) is 0 Å². The molecule has 156 valence electrons. The van der Waals surface area contributed by atoms with Crippen molar-refractivity contribution in [3.8, 4) is 0 Å². The van der Waals surface area contributed by atoms with Crippen LogP contribution in [0.4, 0.5) is 16.4 Å². The second-order valence-electron chi connectivity index (χ2n) is 9.14. The Kier molecular flexibility index (Phi) is 5.23. The van der Waals surface area contributed by atoms with Crippen molar-refractivity contribution in [2.75, 3.05) is 30.4 Å². The number of carbonyl (C=O) groups is 1. The summed E-state index contributed by atoms with van der Waals surface area (Å²) in [5.74, 6) is 1.69. The van der Waals surface area contributed by atoms with Gasteiger partial charge in [-0.2, -0.15) is 0 Å². The molecule has 1 aliphatic heterocycles. The number of hydrogen-bond donors (Lipinski definition) is 1. The number of benzene rings is 1. The highest BCUT2D eigenvalue weighted by Gasteiger charge is 2.32. The maximum atomic E-state index is 12.6.